The largest absolute Gasteiger partial charge is 0.337 e. The van der Waals surface area contributed by atoms with Crippen LogP contribution in [-0.4, -0.2) is 46.9 Å². The predicted octanol–water partition coefficient (Wildman–Crippen LogP) is 4.03. The second-order valence-electron chi connectivity index (χ2n) is 7.20. The van der Waals surface area contributed by atoms with Gasteiger partial charge in [-0.3, -0.25) is 14.7 Å². The minimum absolute atomic E-state index is 0.0597. The van der Waals surface area contributed by atoms with Gasteiger partial charge in [0.15, 0.2) is 0 Å². The third-order valence-corrected chi connectivity index (χ3v) is 5.32. The van der Waals surface area contributed by atoms with E-state index in [2.05, 4.69) is 70.5 Å². The highest BCUT2D eigenvalue weighted by Crippen LogP contribution is 2.29. The molecule has 1 aromatic heterocycles. The summed E-state index contributed by atoms with van der Waals surface area (Å²) < 4.78 is 0. The van der Waals surface area contributed by atoms with Gasteiger partial charge in [0, 0.05) is 44.6 Å². The third kappa shape index (κ3) is 4.79. The number of piperazine rings is 1. The molecular formula is C25H25N3O. The van der Waals surface area contributed by atoms with Crippen LogP contribution in [0.4, 0.5) is 0 Å². The van der Waals surface area contributed by atoms with Gasteiger partial charge in [0.1, 0.15) is 0 Å². The first-order chi connectivity index (χ1) is 14.3. The van der Waals surface area contributed by atoms with Gasteiger partial charge in [-0.05, 0) is 28.8 Å². The highest BCUT2D eigenvalue weighted by Gasteiger charge is 2.27. The Morgan fingerprint density at radius 2 is 1.45 bits per heavy atom. The van der Waals surface area contributed by atoms with Crippen LogP contribution in [0, 0.1) is 0 Å². The average Bonchev–Trinajstić information content (AvgIpc) is 2.80. The van der Waals surface area contributed by atoms with Crippen molar-refractivity contribution in [1.82, 2.24) is 14.8 Å². The van der Waals surface area contributed by atoms with E-state index in [0.717, 1.165) is 31.7 Å². The van der Waals surface area contributed by atoms with Crippen molar-refractivity contribution >= 4 is 12.0 Å². The molecule has 0 spiro atoms. The first kappa shape index (κ1) is 19.1. The molecule has 2 heterocycles. The molecule has 0 atom stereocenters. The van der Waals surface area contributed by atoms with Crippen molar-refractivity contribution < 1.29 is 4.79 Å². The van der Waals surface area contributed by atoms with Crippen LogP contribution < -0.4 is 0 Å². The van der Waals surface area contributed by atoms with Gasteiger partial charge in [-0.2, -0.15) is 0 Å². The number of nitrogens with zero attached hydrogens (tertiary/aromatic N) is 3. The Bertz CT molecular complexity index is 894. The molecule has 1 fully saturated rings. The number of pyridine rings is 1. The number of carbonyl (C=O) groups excluding carboxylic acids is 1. The summed E-state index contributed by atoms with van der Waals surface area (Å²) in [6.07, 6.45) is 6.97. The molecule has 0 saturated carbocycles. The van der Waals surface area contributed by atoms with Gasteiger partial charge >= 0.3 is 0 Å². The molecule has 3 aromatic rings. The first-order valence-electron chi connectivity index (χ1n) is 10.0. The van der Waals surface area contributed by atoms with E-state index in [1.807, 2.05) is 23.1 Å². The normalized spacial score (nSPS) is 15.1. The smallest absolute Gasteiger partial charge is 0.246 e. The third-order valence-electron chi connectivity index (χ3n) is 5.32. The summed E-state index contributed by atoms with van der Waals surface area (Å²) in [5, 5.41) is 0. The molecule has 0 aliphatic carbocycles. The lowest BCUT2D eigenvalue weighted by atomic mass is 9.96. The molecule has 1 aliphatic rings. The van der Waals surface area contributed by atoms with Gasteiger partial charge in [-0.1, -0.05) is 66.7 Å². The number of benzene rings is 2. The Morgan fingerprint density at radius 3 is 2.00 bits per heavy atom. The molecule has 4 nitrogen and oxygen atoms in total. The van der Waals surface area contributed by atoms with E-state index in [0.29, 0.717) is 0 Å². The standard InChI is InChI=1S/C25H25N3O/c29-24(14-13-21-8-7-15-26-20-21)27-16-18-28(19-17-27)25(22-9-3-1-4-10-22)23-11-5-2-6-12-23/h1-15,20,25H,16-19H2/b14-13+. The molecule has 1 aliphatic heterocycles. The van der Waals surface area contributed by atoms with Crippen LogP contribution in [0.5, 0.6) is 0 Å². The van der Waals surface area contributed by atoms with E-state index >= 15 is 0 Å². The van der Waals surface area contributed by atoms with Crippen molar-refractivity contribution in [2.24, 2.45) is 0 Å². The second kappa shape index (κ2) is 9.30. The summed E-state index contributed by atoms with van der Waals surface area (Å²) in [6, 6.07) is 25.2. The minimum Gasteiger partial charge on any atom is -0.337 e. The maximum absolute atomic E-state index is 12.6. The van der Waals surface area contributed by atoms with Crippen LogP contribution >= 0.6 is 0 Å². The minimum atomic E-state index is 0.0597. The fourth-order valence-electron chi connectivity index (χ4n) is 3.83. The summed E-state index contributed by atoms with van der Waals surface area (Å²) >= 11 is 0. The maximum atomic E-state index is 12.6. The lowest BCUT2D eigenvalue weighted by Crippen LogP contribution is -2.49. The molecular weight excluding hydrogens is 358 g/mol. The lowest BCUT2D eigenvalue weighted by Gasteiger charge is -2.39. The van der Waals surface area contributed by atoms with Crippen LogP contribution in [0.25, 0.3) is 6.08 Å². The van der Waals surface area contributed by atoms with Crippen molar-refractivity contribution in [3.05, 3.63) is 108 Å². The summed E-state index contributed by atoms with van der Waals surface area (Å²) in [5.41, 5.74) is 3.51. The van der Waals surface area contributed by atoms with Crippen molar-refractivity contribution in [1.29, 1.82) is 0 Å². The number of carbonyl (C=O) groups is 1. The summed E-state index contributed by atoms with van der Waals surface area (Å²) in [6.45, 7) is 3.15. The summed E-state index contributed by atoms with van der Waals surface area (Å²) in [5.74, 6) is 0.0597. The van der Waals surface area contributed by atoms with E-state index in [1.54, 1.807) is 18.5 Å². The number of aromatic nitrogens is 1. The van der Waals surface area contributed by atoms with Crippen LogP contribution in [0.3, 0.4) is 0 Å². The van der Waals surface area contributed by atoms with Gasteiger partial charge in [-0.15, -0.1) is 0 Å². The summed E-state index contributed by atoms with van der Waals surface area (Å²) in [7, 11) is 0. The Kier molecular flexibility index (Phi) is 6.13. The van der Waals surface area contributed by atoms with Gasteiger partial charge < -0.3 is 4.90 Å². The van der Waals surface area contributed by atoms with Crippen LogP contribution in [0.15, 0.2) is 91.3 Å². The predicted molar refractivity (Wildman–Crippen MR) is 116 cm³/mol. The first-order valence-corrected chi connectivity index (χ1v) is 10.0. The highest BCUT2D eigenvalue weighted by atomic mass is 16.2. The lowest BCUT2D eigenvalue weighted by molar-refractivity contribution is -0.127. The van der Waals surface area contributed by atoms with E-state index in [-0.39, 0.29) is 11.9 Å². The van der Waals surface area contributed by atoms with Gasteiger partial charge in [0.05, 0.1) is 6.04 Å². The molecule has 146 valence electrons. The Balaban J connectivity index is 1.44. The zero-order chi connectivity index (χ0) is 19.9. The zero-order valence-corrected chi connectivity index (χ0v) is 16.4. The molecule has 0 bridgehead atoms. The number of amides is 1. The van der Waals surface area contributed by atoms with Crippen molar-refractivity contribution in [3.8, 4) is 0 Å². The molecule has 0 unspecified atom stereocenters. The quantitative estimate of drug-likeness (QED) is 0.624. The molecule has 29 heavy (non-hydrogen) atoms. The number of rotatable bonds is 5. The Morgan fingerprint density at radius 1 is 0.828 bits per heavy atom. The van der Waals surface area contributed by atoms with Crippen LogP contribution in [0.2, 0.25) is 0 Å². The molecule has 0 radical (unpaired) electrons. The van der Waals surface area contributed by atoms with E-state index in [9.17, 15) is 4.79 Å². The molecule has 2 aromatic carbocycles. The second-order valence-corrected chi connectivity index (χ2v) is 7.20. The number of hydrogen-bond acceptors (Lipinski definition) is 3. The Hall–Kier alpha value is -3.24. The van der Waals surface area contributed by atoms with Gasteiger partial charge in [-0.25, -0.2) is 0 Å². The number of hydrogen-bond donors (Lipinski definition) is 0. The molecule has 4 rings (SSSR count). The van der Waals surface area contributed by atoms with Crippen molar-refractivity contribution in [2.45, 2.75) is 6.04 Å². The van der Waals surface area contributed by atoms with Crippen molar-refractivity contribution in [2.75, 3.05) is 26.2 Å². The highest BCUT2D eigenvalue weighted by molar-refractivity contribution is 5.91. The zero-order valence-electron chi connectivity index (χ0n) is 16.4. The van der Waals surface area contributed by atoms with Crippen molar-refractivity contribution in [3.63, 3.8) is 0 Å². The maximum Gasteiger partial charge on any atom is 0.246 e. The fraction of sp³-hybridized carbons (Fsp3) is 0.200. The fourth-order valence-corrected chi connectivity index (χ4v) is 3.83. The topological polar surface area (TPSA) is 36.4 Å². The SMILES string of the molecule is O=C(/C=C/c1cccnc1)N1CCN(C(c2ccccc2)c2ccccc2)CC1. The Labute approximate surface area is 172 Å². The van der Waals surface area contributed by atoms with E-state index in [1.165, 1.54) is 11.1 Å². The van der Waals surface area contributed by atoms with Gasteiger partial charge in [0.25, 0.3) is 0 Å². The molecule has 1 amide bonds. The van der Waals surface area contributed by atoms with E-state index in [4.69, 9.17) is 0 Å². The average molecular weight is 383 g/mol. The van der Waals surface area contributed by atoms with Crippen LogP contribution in [-0.2, 0) is 4.79 Å². The monoisotopic (exact) mass is 383 g/mol. The molecule has 0 N–H and O–H groups in total. The molecule has 4 heteroatoms. The molecule has 1 saturated heterocycles. The van der Waals surface area contributed by atoms with Gasteiger partial charge in [0.2, 0.25) is 5.91 Å². The van der Waals surface area contributed by atoms with E-state index < -0.39 is 0 Å². The summed E-state index contributed by atoms with van der Waals surface area (Å²) in [4.78, 5) is 21.1. The van der Waals surface area contributed by atoms with Crippen LogP contribution in [0.1, 0.15) is 22.7 Å².